The first-order valence-corrected chi connectivity index (χ1v) is 5.63. The molecule has 0 unspecified atom stereocenters. The van der Waals surface area contributed by atoms with Gasteiger partial charge in [0.15, 0.2) is 0 Å². The molecule has 0 radical (unpaired) electrons. The SMILES string of the molecule is CN(C)C(=O)Cc1nc2ccc(F)cc2s1. The maximum Gasteiger partial charge on any atom is 0.228 e. The van der Waals surface area contributed by atoms with Gasteiger partial charge in [0, 0.05) is 14.1 Å². The molecule has 3 nitrogen and oxygen atoms in total. The smallest absolute Gasteiger partial charge is 0.228 e. The molecule has 2 rings (SSSR count). The van der Waals surface area contributed by atoms with Crippen molar-refractivity contribution in [3.05, 3.63) is 29.0 Å². The van der Waals surface area contributed by atoms with E-state index in [-0.39, 0.29) is 18.1 Å². The summed E-state index contributed by atoms with van der Waals surface area (Å²) in [5.41, 5.74) is 0.743. The molecule has 0 aliphatic heterocycles. The summed E-state index contributed by atoms with van der Waals surface area (Å²) in [5.74, 6) is -0.277. The summed E-state index contributed by atoms with van der Waals surface area (Å²) in [5, 5.41) is 0.722. The largest absolute Gasteiger partial charge is 0.348 e. The molecule has 0 saturated carbocycles. The normalized spacial score (nSPS) is 10.7. The lowest BCUT2D eigenvalue weighted by atomic mass is 10.3. The number of likely N-dealkylation sites (N-methyl/N-ethyl adjacent to an activating group) is 1. The molecule has 84 valence electrons. The number of fused-ring (bicyclic) bond motifs is 1. The van der Waals surface area contributed by atoms with Crippen LogP contribution < -0.4 is 0 Å². The number of aromatic nitrogens is 1. The first kappa shape index (κ1) is 11.0. The van der Waals surface area contributed by atoms with Crippen LogP contribution in [0.4, 0.5) is 4.39 Å². The van der Waals surface area contributed by atoms with Gasteiger partial charge >= 0.3 is 0 Å². The number of carbonyl (C=O) groups excluding carboxylic acids is 1. The van der Waals surface area contributed by atoms with Crippen molar-refractivity contribution >= 4 is 27.5 Å². The highest BCUT2D eigenvalue weighted by atomic mass is 32.1. The molecule has 0 bridgehead atoms. The fourth-order valence-corrected chi connectivity index (χ4v) is 2.29. The highest BCUT2D eigenvalue weighted by molar-refractivity contribution is 7.18. The average molecular weight is 238 g/mol. The molecule has 1 aromatic heterocycles. The fraction of sp³-hybridized carbons (Fsp3) is 0.273. The number of benzene rings is 1. The number of amides is 1. The second-order valence-electron chi connectivity index (χ2n) is 3.68. The number of halogens is 1. The van der Waals surface area contributed by atoms with Gasteiger partial charge in [-0.25, -0.2) is 9.37 Å². The van der Waals surface area contributed by atoms with Gasteiger partial charge in [-0.1, -0.05) is 0 Å². The lowest BCUT2D eigenvalue weighted by Gasteiger charge is -2.07. The molecule has 0 aliphatic carbocycles. The number of hydrogen-bond donors (Lipinski definition) is 0. The molecule has 1 amide bonds. The van der Waals surface area contributed by atoms with Crippen molar-refractivity contribution in [3.63, 3.8) is 0 Å². The minimum atomic E-state index is -0.276. The first-order chi connectivity index (χ1) is 7.56. The molecule has 0 atom stereocenters. The fourth-order valence-electron chi connectivity index (χ4n) is 1.31. The molecule has 0 aliphatic rings. The Kier molecular flexibility index (Phi) is 2.87. The van der Waals surface area contributed by atoms with Crippen LogP contribution >= 0.6 is 11.3 Å². The van der Waals surface area contributed by atoms with Gasteiger partial charge in [0.05, 0.1) is 16.6 Å². The van der Waals surface area contributed by atoms with E-state index < -0.39 is 0 Å². The van der Waals surface area contributed by atoms with Crippen molar-refractivity contribution in [3.8, 4) is 0 Å². The molecule has 16 heavy (non-hydrogen) atoms. The van der Waals surface area contributed by atoms with Gasteiger partial charge in [-0.2, -0.15) is 0 Å². The van der Waals surface area contributed by atoms with Crippen LogP contribution in [0.5, 0.6) is 0 Å². The van der Waals surface area contributed by atoms with Crippen LogP contribution in [0.25, 0.3) is 10.2 Å². The molecule has 5 heteroatoms. The second-order valence-corrected chi connectivity index (χ2v) is 4.80. The van der Waals surface area contributed by atoms with Gasteiger partial charge in [0.1, 0.15) is 10.8 Å². The van der Waals surface area contributed by atoms with Gasteiger partial charge in [0.2, 0.25) is 5.91 Å². The predicted molar refractivity (Wildman–Crippen MR) is 62.0 cm³/mol. The molecule has 0 saturated heterocycles. The lowest BCUT2D eigenvalue weighted by molar-refractivity contribution is -0.127. The van der Waals surface area contributed by atoms with E-state index in [1.807, 2.05) is 0 Å². The summed E-state index contributed by atoms with van der Waals surface area (Å²) in [7, 11) is 3.41. The monoisotopic (exact) mass is 238 g/mol. The zero-order valence-electron chi connectivity index (χ0n) is 9.03. The van der Waals surface area contributed by atoms with Crippen LogP contribution in [0.15, 0.2) is 18.2 Å². The van der Waals surface area contributed by atoms with E-state index in [1.54, 1.807) is 20.2 Å². The minimum Gasteiger partial charge on any atom is -0.348 e. The molecule has 2 aromatic rings. The third-order valence-corrected chi connectivity index (χ3v) is 3.21. The lowest BCUT2D eigenvalue weighted by Crippen LogP contribution is -2.23. The maximum atomic E-state index is 12.9. The summed E-state index contributed by atoms with van der Waals surface area (Å²) in [6.45, 7) is 0. The number of carbonyl (C=O) groups is 1. The Morgan fingerprint density at radius 1 is 1.50 bits per heavy atom. The molecular weight excluding hydrogens is 227 g/mol. The van der Waals surface area contributed by atoms with Crippen molar-refractivity contribution in [2.45, 2.75) is 6.42 Å². The Morgan fingerprint density at radius 3 is 2.94 bits per heavy atom. The summed E-state index contributed by atoms with van der Waals surface area (Å²) < 4.78 is 13.7. The van der Waals surface area contributed by atoms with Gasteiger partial charge in [0.25, 0.3) is 0 Å². The van der Waals surface area contributed by atoms with Crippen LogP contribution in [0.3, 0.4) is 0 Å². The number of rotatable bonds is 2. The highest BCUT2D eigenvalue weighted by Gasteiger charge is 2.10. The minimum absolute atomic E-state index is 0.000437. The van der Waals surface area contributed by atoms with E-state index in [2.05, 4.69) is 4.98 Å². The second kappa shape index (κ2) is 4.17. The quantitative estimate of drug-likeness (QED) is 0.802. The van der Waals surface area contributed by atoms with Crippen LogP contribution in [0.2, 0.25) is 0 Å². The van der Waals surface area contributed by atoms with E-state index in [0.717, 1.165) is 15.2 Å². The Morgan fingerprint density at radius 2 is 2.25 bits per heavy atom. The van der Waals surface area contributed by atoms with E-state index >= 15 is 0 Å². The van der Waals surface area contributed by atoms with Gasteiger partial charge in [-0.3, -0.25) is 4.79 Å². The third kappa shape index (κ3) is 2.19. The summed E-state index contributed by atoms with van der Waals surface area (Å²) in [6, 6.07) is 4.45. The number of hydrogen-bond acceptors (Lipinski definition) is 3. The average Bonchev–Trinajstić information content (AvgIpc) is 2.58. The Bertz CT molecular complexity index is 536. The maximum absolute atomic E-state index is 12.9. The zero-order valence-corrected chi connectivity index (χ0v) is 9.84. The predicted octanol–water partition coefficient (Wildman–Crippen LogP) is 2.07. The Hall–Kier alpha value is -1.49. The zero-order chi connectivity index (χ0) is 11.7. The molecule has 0 fully saturated rings. The highest BCUT2D eigenvalue weighted by Crippen LogP contribution is 2.23. The van der Waals surface area contributed by atoms with Crippen molar-refractivity contribution in [2.24, 2.45) is 0 Å². The van der Waals surface area contributed by atoms with Crippen molar-refractivity contribution in [1.29, 1.82) is 0 Å². The number of nitrogens with zero attached hydrogens (tertiary/aromatic N) is 2. The molecule has 1 heterocycles. The van der Waals surface area contributed by atoms with Crippen molar-refractivity contribution in [2.75, 3.05) is 14.1 Å². The summed E-state index contributed by atoms with van der Waals surface area (Å²) in [4.78, 5) is 17.3. The standard InChI is InChI=1S/C11H11FN2OS/c1-14(2)11(15)6-10-13-8-4-3-7(12)5-9(8)16-10/h3-5H,6H2,1-2H3. The van der Waals surface area contributed by atoms with Gasteiger partial charge in [-0.15, -0.1) is 11.3 Å². The Balaban J connectivity index is 2.29. The molecule has 0 N–H and O–H groups in total. The van der Waals surface area contributed by atoms with E-state index in [4.69, 9.17) is 0 Å². The third-order valence-electron chi connectivity index (χ3n) is 2.20. The topological polar surface area (TPSA) is 33.2 Å². The van der Waals surface area contributed by atoms with Gasteiger partial charge in [-0.05, 0) is 18.2 Å². The van der Waals surface area contributed by atoms with Crippen LogP contribution in [-0.2, 0) is 11.2 Å². The van der Waals surface area contributed by atoms with Crippen LogP contribution in [0.1, 0.15) is 5.01 Å². The number of thiazole rings is 1. The van der Waals surface area contributed by atoms with Crippen molar-refractivity contribution in [1.82, 2.24) is 9.88 Å². The van der Waals surface area contributed by atoms with E-state index in [9.17, 15) is 9.18 Å². The summed E-state index contributed by atoms with van der Waals surface area (Å²) >= 11 is 1.36. The molecular formula is C11H11FN2OS. The van der Waals surface area contributed by atoms with Gasteiger partial charge < -0.3 is 4.90 Å². The first-order valence-electron chi connectivity index (χ1n) is 4.81. The molecule has 1 aromatic carbocycles. The van der Waals surface area contributed by atoms with E-state index in [1.165, 1.54) is 28.4 Å². The van der Waals surface area contributed by atoms with E-state index in [0.29, 0.717) is 0 Å². The Labute approximate surface area is 96.5 Å². The molecule has 0 spiro atoms. The van der Waals surface area contributed by atoms with Crippen LogP contribution in [-0.4, -0.2) is 29.9 Å². The van der Waals surface area contributed by atoms with Crippen LogP contribution in [0, 0.1) is 5.82 Å². The van der Waals surface area contributed by atoms with Crippen molar-refractivity contribution < 1.29 is 9.18 Å². The summed E-state index contributed by atoms with van der Waals surface area (Å²) in [6.07, 6.45) is 0.272.